The van der Waals surface area contributed by atoms with E-state index in [0.29, 0.717) is 5.41 Å². The molecule has 2 heterocycles. The summed E-state index contributed by atoms with van der Waals surface area (Å²) in [5.41, 5.74) is 0.281. The van der Waals surface area contributed by atoms with Gasteiger partial charge in [-0.2, -0.15) is 0 Å². The number of nitrogens with one attached hydrogen (secondary N) is 1. The Morgan fingerprint density at radius 3 is 2.67 bits per heavy atom. The van der Waals surface area contributed by atoms with Gasteiger partial charge >= 0.3 is 0 Å². The first kappa shape index (κ1) is 11.4. The Balaban J connectivity index is 1.96. The molecule has 3 nitrogen and oxygen atoms in total. The van der Waals surface area contributed by atoms with Crippen LogP contribution >= 0.6 is 0 Å². The molecule has 3 heteroatoms. The highest BCUT2D eigenvalue weighted by Gasteiger charge is 2.39. The van der Waals surface area contributed by atoms with E-state index in [1.54, 1.807) is 0 Å². The SMILES string of the molecule is CN1CCCC2(CC1)NCC(C)(C)CO2. The Morgan fingerprint density at radius 2 is 2.00 bits per heavy atom. The van der Waals surface area contributed by atoms with Gasteiger partial charge in [-0.1, -0.05) is 13.8 Å². The molecule has 0 aromatic rings. The summed E-state index contributed by atoms with van der Waals surface area (Å²) in [4.78, 5) is 2.40. The number of hydrogen-bond acceptors (Lipinski definition) is 3. The monoisotopic (exact) mass is 212 g/mol. The van der Waals surface area contributed by atoms with Crippen LogP contribution in [-0.4, -0.2) is 43.9 Å². The van der Waals surface area contributed by atoms with E-state index in [0.717, 1.165) is 32.5 Å². The molecule has 2 saturated heterocycles. The lowest BCUT2D eigenvalue weighted by Gasteiger charge is -2.44. The number of hydrogen-bond donors (Lipinski definition) is 1. The van der Waals surface area contributed by atoms with Gasteiger partial charge in [-0.3, -0.25) is 5.32 Å². The standard InChI is InChI=1S/C12H24N2O/c1-11(2)9-13-12(15-10-11)5-4-7-14(3)8-6-12/h13H,4-10H2,1-3H3. The zero-order valence-corrected chi connectivity index (χ0v) is 10.3. The fourth-order valence-electron chi connectivity index (χ4n) is 2.40. The molecule has 1 atom stereocenters. The van der Waals surface area contributed by atoms with E-state index in [1.807, 2.05) is 0 Å². The van der Waals surface area contributed by atoms with Gasteiger partial charge in [-0.25, -0.2) is 0 Å². The van der Waals surface area contributed by atoms with Gasteiger partial charge < -0.3 is 9.64 Å². The van der Waals surface area contributed by atoms with Gasteiger partial charge in [-0.05, 0) is 26.4 Å². The number of likely N-dealkylation sites (tertiary alicyclic amines) is 1. The van der Waals surface area contributed by atoms with Crippen molar-refractivity contribution >= 4 is 0 Å². The Morgan fingerprint density at radius 1 is 1.20 bits per heavy atom. The first-order chi connectivity index (χ1) is 7.02. The van der Waals surface area contributed by atoms with Gasteiger partial charge in [0.2, 0.25) is 0 Å². The molecule has 1 unspecified atom stereocenters. The Kier molecular flexibility index (Phi) is 3.06. The van der Waals surface area contributed by atoms with Crippen LogP contribution in [0.3, 0.4) is 0 Å². The Hall–Kier alpha value is -0.120. The summed E-state index contributed by atoms with van der Waals surface area (Å²) in [5, 5.41) is 3.64. The van der Waals surface area contributed by atoms with Crippen LogP contribution in [0.2, 0.25) is 0 Å². The second-order valence-electron chi connectivity index (χ2n) is 5.96. The zero-order valence-electron chi connectivity index (χ0n) is 10.3. The molecule has 2 aliphatic heterocycles. The van der Waals surface area contributed by atoms with Crippen LogP contribution in [0.25, 0.3) is 0 Å². The van der Waals surface area contributed by atoms with Crippen LogP contribution in [0.4, 0.5) is 0 Å². The van der Waals surface area contributed by atoms with Gasteiger partial charge in [0.15, 0.2) is 0 Å². The van der Waals surface area contributed by atoms with E-state index in [1.165, 1.54) is 13.0 Å². The molecule has 0 bridgehead atoms. The average Bonchev–Trinajstić information content (AvgIpc) is 2.36. The molecular weight excluding hydrogens is 188 g/mol. The van der Waals surface area contributed by atoms with Crippen molar-refractivity contribution in [2.75, 3.05) is 33.3 Å². The largest absolute Gasteiger partial charge is 0.360 e. The maximum absolute atomic E-state index is 6.11. The molecule has 0 aliphatic carbocycles. The van der Waals surface area contributed by atoms with Crippen molar-refractivity contribution in [1.29, 1.82) is 0 Å². The first-order valence-corrected chi connectivity index (χ1v) is 6.09. The normalized spacial score (nSPS) is 37.8. The minimum Gasteiger partial charge on any atom is -0.360 e. The summed E-state index contributed by atoms with van der Waals surface area (Å²) in [5.74, 6) is 0. The quantitative estimate of drug-likeness (QED) is 0.657. The first-order valence-electron chi connectivity index (χ1n) is 6.09. The molecule has 0 aromatic carbocycles. The second kappa shape index (κ2) is 4.04. The van der Waals surface area contributed by atoms with Gasteiger partial charge in [0.05, 0.1) is 6.61 Å². The Bertz CT molecular complexity index is 218. The minimum absolute atomic E-state index is 0.0136. The molecule has 0 amide bonds. The number of nitrogens with zero attached hydrogens (tertiary/aromatic N) is 1. The maximum Gasteiger partial charge on any atom is 0.120 e. The van der Waals surface area contributed by atoms with Gasteiger partial charge in [0.1, 0.15) is 5.72 Å². The highest BCUT2D eigenvalue weighted by molar-refractivity contribution is 4.89. The van der Waals surface area contributed by atoms with Crippen molar-refractivity contribution in [3.63, 3.8) is 0 Å². The van der Waals surface area contributed by atoms with Crippen molar-refractivity contribution in [1.82, 2.24) is 10.2 Å². The highest BCUT2D eigenvalue weighted by atomic mass is 16.5. The summed E-state index contributed by atoms with van der Waals surface area (Å²) >= 11 is 0. The zero-order chi connectivity index (χ0) is 10.9. The highest BCUT2D eigenvalue weighted by Crippen LogP contribution is 2.31. The topological polar surface area (TPSA) is 24.5 Å². The Labute approximate surface area is 93.2 Å². The molecule has 15 heavy (non-hydrogen) atoms. The predicted molar refractivity (Wildman–Crippen MR) is 61.8 cm³/mol. The van der Waals surface area contributed by atoms with E-state index in [2.05, 4.69) is 31.1 Å². The number of rotatable bonds is 0. The fraction of sp³-hybridized carbons (Fsp3) is 1.00. The minimum atomic E-state index is -0.0136. The van der Waals surface area contributed by atoms with Crippen LogP contribution < -0.4 is 5.32 Å². The summed E-state index contributed by atoms with van der Waals surface area (Å²) in [6.45, 7) is 8.84. The van der Waals surface area contributed by atoms with E-state index in [4.69, 9.17) is 4.74 Å². The van der Waals surface area contributed by atoms with Gasteiger partial charge in [-0.15, -0.1) is 0 Å². The lowest BCUT2D eigenvalue weighted by Crippen LogP contribution is -2.57. The molecule has 1 N–H and O–H groups in total. The van der Waals surface area contributed by atoms with Crippen molar-refractivity contribution in [3.8, 4) is 0 Å². The fourth-order valence-corrected chi connectivity index (χ4v) is 2.40. The maximum atomic E-state index is 6.11. The van der Waals surface area contributed by atoms with Crippen molar-refractivity contribution in [3.05, 3.63) is 0 Å². The molecule has 0 saturated carbocycles. The molecule has 1 spiro atoms. The van der Waals surface area contributed by atoms with Crippen LogP contribution in [0.5, 0.6) is 0 Å². The van der Waals surface area contributed by atoms with E-state index < -0.39 is 0 Å². The molecule has 2 rings (SSSR count). The third-order valence-corrected chi connectivity index (χ3v) is 3.65. The van der Waals surface area contributed by atoms with Crippen LogP contribution in [0.15, 0.2) is 0 Å². The molecule has 88 valence electrons. The molecule has 0 aromatic heterocycles. The summed E-state index contributed by atoms with van der Waals surface area (Å²) in [6.07, 6.45) is 3.52. The lowest BCUT2D eigenvalue weighted by atomic mass is 9.90. The van der Waals surface area contributed by atoms with E-state index in [9.17, 15) is 0 Å². The second-order valence-corrected chi connectivity index (χ2v) is 5.96. The van der Waals surface area contributed by atoms with E-state index >= 15 is 0 Å². The average molecular weight is 212 g/mol. The lowest BCUT2D eigenvalue weighted by molar-refractivity contribution is -0.143. The van der Waals surface area contributed by atoms with Gasteiger partial charge in [0, 0.05) is 24.9 Å². The van der Waals surface area contributed by atoms with Crippen LogP contribution in [0.1, 0.15) is 33.1 Å². The smallest absolute Gasteiger partial charge is 0.120 e. The van der Waals surface area contributed by atoms with E-state index in [-0.39, 0.29) is 5.72 Å². The van der Waals surface area contributed by atoms with Crippen molar-refractivity contribution in [2.24, 2.45) is 5.41 Å². The molecular formula is C12H24N2O. The van der Waals surface area contributed by atoms with Gasteiger partial charge in [0.25, 0.3) is 0 Å². The molecule has 2 fully saturated rings. The molecule has 2 aliphatic rings. The predicted octanol–water partition coefficient (Wildman–Crippen LogP) is 1.44. The summed E-state index contributed by atoms with van der Waals surface area (Å²) in [6, 6.07) is 0. The van der Waals surface area contributed by atoms with Crippen LogP contribution in [-0.2, 0) is 4.74 Å². The molecule has 0 radical (unpaired) electrons. The third-order valence-electron chi connectivity index (χ3n) is 3.65. The summed E-state index contributed by atoms with van der Waals surface area (Å²) < 4.78 is 6.11. The van der Waals surface area contributed by atoms with Crippen LogP contribution in [0, 0.1) is 5.41 Å². The third kappa shape index (κ3) is 2.71. The summed E-state index contributed by atoms with van der Waals surface area (Å²) in [7, 11) is 2.20. The van der Waals surface area contributed by atoms with Crippen molar-refractivity contribution < 1.29 is 4.74 Å². The van der Waals surface area contributed by atoms with Crippen molar-refractivity contribution in [2.45, 2.75) is 38.8 Å². The number of ether oxygens (including phenoxy) is 1.